The van der Waals surface area contributed by atoms with Crippen LogP contribution in [0.3, 0.4) is 0 Å². The Hall–Kier alpha value is -0.570. The fourth-order valence-corrected chi connectivity index (χ4v) is 1.97. The Morgan fingerprint density at radius 2 is 1.71 bits per heavy atom. The van der Waals surface area contributed by atoms with Crippen molar-refractivity contribution >= 4 is 5.97 Å². The molecule has 0 aromatic heterocycles. The number of aliphatic carboxylic acids is 1. The third kappa shape index (κ3) is 8.19. The molecule has 2 unspecified atom stereocenters. The molecule has 0 rings (SSSR count). The highest BCUT2D eigenvalue weighted by atomic mass is 16.4. The maximum Gasteiger partial charge on any atom is 0.320 e. The summed E-state index contributed by atoms with van der Waals surface area (Å²) in [6, 6.07) is -0.356. The van der Waals surface area contributed by atoms with Crippen molar-refractivity contribution in [1.82, 2.24) is 5.32 Å². The average Bonchev–Trinajstić information content (AvgIpc) is 2.32. The van der Waals surface area contributed by atoms with E-state index in [0.717, 1.165) is 32.2 Å². The number of carboxylic acids is 1. The van der Waals surface area contributed by atoms with Gasteiger partial charge in [0.25, 0.3) is 0 Å². The second-order valence-corrected chi connectivity index (χ2v) is 4.86. The van der Waals surface area contributed by atoms with Gasteiger partial charge in [-0.3, -0.25) is 4.79 Å². The topological polar surface area (TPSA) is 49.3 Å². The Bertz CT molecular complexity index is 195. The van der Waals surface area contributed by atoms with Crippen LogP contribution in [0.2, 0.25) is 0 Å². The molecule has 0 aliphatic carbocycles. The highest BCUT2D eigenvalue weighted by Crippen LogP contribution is 2.12. The zero-order valence-corrected chi connectivity index (χ0v) is 11.7. The minimum Gasteiger partial charge on any atom is -0.480 e. The first kappa shape index (κ1) is 16.4. The molecule has 0 aliphatic heterocycles. The van der Waals surface area contributed by atoms with Gasteiger partial charge in [-0.15, -0.1) is 0 Å². The van der Waals surface area contributed by atoms with E-state index < -0.39 is 5.97 Å². The second-order valence-electron chi connectivity index (χ2n) is 4.86. The van der Waals surface area contributed by atoms with Gasteiger partial charge in [0.15, 0.2) is 0 Å². The summed E-state index contributed by atoms with van der Waals surface area (Å²) in [6.45, 7) is 7.32. The van der Waals surface area contributed by atoms with Crippen molar-refractivity contribution in [3.63, 3.8) is 0 Å². The van der Waals surface area contributed by atoms with Crippen molar-refractivity contribution in [3.8, 4) is 0 Å². The molecule has 2 N–H and O–H groups in total. The smallest absolute Gasteiger partial charge is 0.320 e. The molecule has 17 heavy (non-hydrogen) atoms. The molecule has 0 spiro atoms. The lowest BCUT2D eigenvalue weighted by Gasteiger charge is -2.19. The van der Waals surface area contributed by atoms with Gasteiger partial charge in [0, 0.05) is 0 Å². The van der Waals surface area contributed by atoms with Crippen LogP contribution in [0.5, 0.6) is 0 Å². The first-order chi connectivity index (χ1) is 8.15. The number of nitrogens with one attached hydrogen (secondary N) is 1. The van der Waals surface area contributed by atoms with Crippen LogP contribution >= 0.6 is 0 Å². The number of unbranched alkanes of at least 4 members (excludes halogenated alkanes) is 2. The Labute approximate surface area is 106 Å². The van der Waals surface area contributed by atoms with E-state index in [1.54, 1.807) is 0 Å². The largest absolute Gasteiger partial charge is 0.480 e. The Kier molecular flexibility index (Phi) is 10.2. The van der Waals surface area contributed by atoms with E-state index >= 15 is 0 Å². The maximum atomic E-state index is 11.1. The maximum absolute atomic E-state index is 11.1. The molecule has 0 radical (unpaired) electrons. The van der Waals surface area contributed by atoms with Crippen LogP contribution < -0.4 is 5.32 Å². The number of carboxylic acid groups (broad SMARTS) is 1. The fourth-order valence-electron chi connectivity index (χ4n) is 1.97. The van der Waals surface area contributed by atoms with E-state index in [1.165, 1.54) is 19.3 Å². The normalized spacial score (nSPS) is 14.5. The van der Waals surface area contributed by atoms with Crippen molar-refractivity contribution in [2.45, 2.75) is 71.8 Å². The molecule has 102 valence electrons. The number of hydrogen-bond acceptors (Lipinski definition) is 2. The number of rotatable bonds is 11. The molecule has 0 heterocycles. The summed E-state index contributed by atoms with van der Waals surface area (Å²) in [4.78, 5) is 11.1. The molecule has 0 bridgehead atoms. The lowest BCUT2D eigenvalue weighted by Crippen LogP contribution is -2.39. The monoisotopic (exact) mass is 243 g/mol. The molecular formula is C14H29NO2. The van der Waals surface area contributed by atoms with E-state index in [1.807, 2.05) is 0 Å². The lowest BCUT2D eigenvalue weighted by atomic mass is 9.98. The van der Waals surface area contributed by atoms with Crippen molar-refractivity contribution in [2.24, 2.45) is 5.92 Å². The highest BCUT2D eigenvalue weighted by molar-refractivity contribution is 5.73. The first-order valence-electron chi connectivity index (χ1n) is 7.11. The van der Waals surface area contributed by atoms with E-state index in [0.29, 0.717) is 5.92 Å². The van der Waals surface area contributed by atoms with Crippen molar-refractivity contribution in [2.75, 3.05) is 6.54 Å². The standard InChI is InChI=1S/C14H29NO2/c1-4-7-9-12(6-3)11-15-13(14(16)17)10-8-5-2/h12-13,15H,4-11H2,1-3H3,(H,16,17). The number of hydrogen-bond donors (Lipinski definition) is 2. The molecule has 0 saturated heterocycles. The minimum absolute atomic E-state index is 0.356. The first-order valence-corrected chi connectivity index (χ1v) is 7.11. The van der Waals surface area contributed by atoms with E-state index in [9.17, 15) is 4.79 Å². The van der Waals surface area contributed by atoms with Gasteiger partial charge in [0.05, 0.1) is 0 Å². The molecule has 0 fully saturated rings. The molecule has 0 aromatic rings. The van der Waals surface area contributed by atoms with Gasteiger partial charge in [-0.1, -0.05) is 52.9 Å². The van der Waals surface area contributed by atoms with Crippen LogP contribution in [0.15, 0.2) is 0 Å². The molecule has 0 aromatic carbocycles. The lowest BCUT2D eigenvalue weighted by molar-refractivity contribution is -0.139. The summed E-state index contributed by atoms with van der Waals surface area (Å²) in [5.41, 5.74) is 0. The summed E-state index contributed by atoms with van der Waals surface area (Å²) in [5, 5.41) is 12.3. The molecular weight excluding hydrogens is 214 g/mol. The van der Waals surface area contributed by atoms with Crippen LogP contribution in [-0.2, 0) is 4.79 Å². The molecule has 0 saturated carbocycles. The van der Waals surface area contributed by atoms with Crippen LogP contribution in [0.1, 0.15) is 65.7 Å². The Morgan fingerprint density at radius 3 is 2.18 bits per heavy atom. The van der Waals surface area contributed by atoms with E-state index in [2.05, 4.69) is 26.1 Å². The van der Waals surface area contributed by atoms with Crippen molar-refractivity contribution in [3.05, 3.63) is 0 Å². The predicted molar refractivity (Wildman–Crippen MR) is 72.3 cm³/mol. The van der Waals surface area contributed by atoms with E-state index in [4.69, 9.17) is 5.11 Å². The van der Waals surface area contributed by atoms with Gasteiger partial charge in [-0.2, -0.15) is 0 Å². The third-order valence-electron chi connectivity index (χ3n) is 3.34. The summed E-state index contributed by atoms with van der Waals surface area (Å²) >= 11 is 0. The second kappa shape index (κ2) is 10.6. The zero-order valence-electron chi connectivity index (χ0n) is 11.7. The van der Waals surface area contributed by atoms with Crippen LogP contribution in [-0.4, -0.2) is 23.7 Å². The summed E-state index contributed by atoms with van der Waals surface area (Å²) in [5.74, 6) is -0.0813. The van der Waals surface area contributed by atoms with Gasteiger partial charge in [0.1, 0.15) is 6.04 Å². The summed E-state index contributed by atoms with van der Waals surface area (Å²) < 4.78 is 0. The quantitative estimate of drug-likeness (QED) is 0.584. The molecule has 0 amide bonds. The van der Waals surface area contributed by atoms with Gasteiger partial charge in [-0.05, 0) is 25.3 Å². The average molecular weight is 243 g/mol. The van der Waals surface area contributed by atoms with Gasteiger partial charge in [0.2, 0.25) is 0 Å². The SMILES string of the molecule is CCCCC(CC)CNC(CCCC)C(=O)O. The zero-order chi connectivity index (χ0) is 13.1. The minimum atomic E-state index is -0.705. The third-order valence-corrected chi connectivity index (χ3v) is 3.34. The molecule has 3 heteroatoms. The molecule has 3 nitrogen and oxygen atoms in total. The van der Waals surface area contributed by atoms with Crippen LogP contribution in [0.4, 0.5) is 0 Å². The number of carbonyl (C=O) groups is 1. The van der Waals surface area contributed by atoms with Gasteiger partial charge in [-0.25, -0.2) is 0 Å². The van der Waals surface area contributed by atoms with Gasteiger partial charge >= 0.3 is 5.97 Å². The Morgan fingerprint density at radius 1 is 1.12 bits per heavy atom. The van der Waals surface area contributed by atoms with Crippen LogP contribution in [0, 0.1) is 5.92 Å². The van der Waals surface area contributed by atoms with Gasteiger partial charge < -0.3 is 10.4 Å². The van der Waals surface area contributed by atoms with E-state index in [-0.39, 0.29) is 6.04 Å². The van der Waals surface area contributed by atoms with Crippen LogP contribution in [0.25, 0.3) is 0 Å². The molecule has 0 aliphatic rings. The Balaban J connectivity index is 3.94. The summed E-state index contributed by atoms with van der Waals surface area (Å²) in [7, 11) is 0. The van der Waals surface area contributed by atoms with Crippen molar-refractivity contribution in [1.29, 1.82) is 0 Å². The molecule has 2 atom stereocenters. The predicted octanol–water partition coefficient (Wildman–Crippen LogP) is 3.44. The van der Waals surface area contributed by atoms with Crippen molar-refractivity contribution < 1.29 is 9.90 Å². The highest BCUT2D eigenvalue weighted by Gasteiger charge is 2.17. The fraction of sp³-hybridized carbons (Fsp3) is 0.929. The summed E-state index contributed by atoms with van der Waals surface area (Å²) in [6.07, 6.45) is 7.58.